The number of hydrogen-bond donors (Lipinski definition) is 0. The average molecular weight is 226 g/mol. The van der Waals surface area contributed by atoms with Crippen LogP contribution in [-0.2, 0) is 4.74 Å². The number of ether oxygens (including phenoxy) is 1. The summed E-state index contributed by atoms with van der Waals surface area (Å²) in [5, 5.41) is 0. The van der Waals surface area contributed by atoms with Gasteiger partial charge in [-0.3, -0.25) is 4.90 Å². The van der Waals surface area contributed by atoms with Gasteiger partial charge in [-0.1, -0.05) is 6.92 Å². The molecule has 0 radical (unpaired) electrons. The van der Waals surface area contributed by atoms with E-state index in [-0.39, 0.29) is 0 Å². The maximum Gasteiger partial charge on any atom is 0.0594 e. The molecular weight excluding hydrogens is 200 g/mol. The fourth-order valence-corrected chi connectivity index (χ4v) is 2.83. The predicted octanol–water partition coefficient (Wildman–Crippen LogP) is 1.44. The Morgan fingerprint density at radius 3 is 2.56 bits per heavy atom. The molecule has 0 aromatic heterocycles. The minimum Gasteiger partial charge on any atom is -0.379 e. The van der Waals surface area contributed by atoms with Gasteiger partial charge in [-0.15, -0.1) is 0 Å². The zero-order chi connectivity index (χ0) is 11.2. The van der Waals surface area contributed by atoms with Gasteiger partial charge in [0.25, 0.3) is 0 Å². The van der Waals surface area contributed by atoms with Crippen molar-refractivity contribution in [2.45, 2.75) is 26.2 Å². The molecule has 0 N–H and O–H groups in total. The molecule has 0 aromatic rings. The molecule has 0 spiro atoms. The molecule has 2 rings (SSSR count). The first kappa shape index (κ1) is 12.3. The second kappa shape index (κ2) is 6.58. The number of nitrogens with zero attached hydrogens (tertiary/aromatic N) is 2. The summed E-state index contributed by atoms with van der Waals surface area (Å²) in [6.45, 7) is 11.7. The van der Waals surface area contributed by atoms with Gasteiger partial charge in [-0.2, -0.15) is 0 Å². The van der Waals surface area contributed by atoms with E-state index in [0.717, 1.165) is 32.2 Å². The smallest absolute Gasteiger partial charge is 0.0594 e. The Kier molecular flexibility index (Phi) is 5.07. The molecular formula is C13H26N2O. The molecule has 0 amide bonds. The van der Waals surface area contributed by atoms with E-state index < -0.39 is 0 Å². The number of piperidine rings is 1. The number of rotatable bonds is 4. The highest BCUT2D eigenvalue weighted by molar-refractivity contribution is 4.70. The Morgan fingerprint density at radius 1 is 1.06 bits per heavy atom. The third kappa shape index (κ3) is 4.04. The van der Waals surface area contributed by atoms with Crippen LogP contribution in [0, 0.1) is 5.92 Å². The Bertz CT molecular complexity index is 192. The Labute approximate surface area is 99.7 Å². The third-order valence-corrected chi connectivity index (χ3v) is 3.79. The Hall–Kier alpha value is -0.120. The highest BCUT2D eigenvalue weighted by atomic mass is 16.5. The number of morpholine rings is 1. The topological polar surface area (TPSA) is 15.7 Å². The van der Waals surface area contributed by atoms with Gasteiger partial charge in [0.1, 0.15) is 0 Å². The van der Waals surface area contributed by atoms with Gasteiger partial charge in [-0.25, -0.2) is 0 Å². The maximum atomic E-state index is 5.36. The summed E-state index contributed by atoms with van der Waals surface area (Å²) >= 11 is 0. The first-order chi connectivity index (χ1) is 7.84. The molecule has 2 aliphatic rings. The minimum absolute atomic E-state index is 0.914. The van der Waals surface area contributed by atoms with E-state index in [1.54, 1.807) is 0 Å². The second-order valence-electron chi connectivity index (χ2n) is 5.36. The van der Waals surface area contributed by atoms with Crippen molar-refractivity contribution in [2.24, 2.45) is 5.92 Å². The molecule has 2 aliphatic heterocycles. The van der Waals surface area contributed by atoms with Crippen LogP contribution in [0.2, 0.25) is 0 Å². The van der Waals surface area contributed by atoms with Gasteiger partial charge < -0.3 is 9.64 Å². The summed E-state index contributed by atoms with van der Waals surface area (Å²) in [5.74, 6) is 0.914. The molecule has 16 heavy (non-hydrogen) atoms. The van der Waals surface area contributed by atoms with Crippen LogP contribution >= 0.6 is 0 Å². The molecule has 2 heterocycles. The summed E-state index contributed by atoms with van der Waals surface area (Å²) in [6.07, 6.45) is 4.16. The second-order valence-corrected chi connectivity index (χ2v) is 5.36. The first-order valence-corrected chi connectivity index (χ1v) is 6.87. The highest BCUT2D eigenvalue weighted by Gasteiger charge is 2.16. The van der Waals surface area contributed by atoms with Crippen LogP contribution in [0.5, 0.6) is 0 Å². The largest absolute Gasteiger partial charge is 0.379 e. The van der Waals surface area contributed by atoms with E-state index in [9.17, 15) is 0 Å². The molecule has 0 saturated carbocycles. The fraction of sp³-hybridized carbons (Fsp3) is 1.00. The summed E-state index contributed by atoms with van der Waals surface area (Å²) in [6, 6.07) is 0. The van der Waals surface area contributed by atoms with Crippen molar-refractivity contribution in [1.82, 2.24) is 9.80 Å². The summed E-state index contributed by atoms with van der Waals surface area (Å²) < 4.78 is 5.36. The lowest BCUT2D eigenvalue weighted by atomic mass is 10.0. The molecule has 2 fully saturated rings. The van der Waals surface area contributed by atoms with Crippen molar-refractivity contribution in [2.75, 3.05) is 52.5 Å². The third-order valence-electron chi connectivity index (χ3n) is 3.79. The van der Waals surface area contributed by atoms with Gasteiger partial charge in [0.15, 0.2) is 0 Å². The number of likely N-dealkylation sites (tertiary alicyclic amines) is 1. The van der Waals surface area contributed by atoms with Gasteiger partial charge >= 0.3 is 0 Å². The Morgan fingerprint density at radius 2 is 1.81 bits per heavy atom. The number of hydrogen-bond acceptors (Lipinski definition) is 3. The molecule has 0 bridgehead atoms. The van der Waals surface area contributed by atoms with E-state index in [1.807, 2.05) is 0 Å². The lowest BCUT2D eigenvalue weighted by Crippen LogP contribution is -2.39. The van der Waals surface area contributed by atoms with Gasteiger partial charge in [0.05, 0.1) is 13.2 Å². The normalized spacial score (nSPS) is 29.4. The zero-order valence-corrected chi connectivity index (χ0v) is 10.7. The first-order valence-electron chi connectivity index (χ1n) is 6.87. The average Bonchev–Trinajstić information content (AvgIpc) is 2.30. The van der Waals surface area contributed by atoms with E-state index in [0.29, 0.717) is 0 Å². The van der Waals surface area contributed by atoms with Crippen LogP contribution in [0.25, 0.3) is 0 Å². The van der Waals surface area contributed by atoms with Gasteiger partial charge in [0, 0.05) is 19.6 Å². The minimum atomic E-state index is 0.914. The maximum absolute atomic E-state index is 5.36. The SMILES string of the molecule is CC1CCCN(CCCN2CCOCC2)C1. The highest BCUT2D eigenvalue weighted by Crippen LogP contribution is 2.15. The summed E-state index contributed by atoms with van der Waals surface area (Å²) in [5.41, 5.74) is 0. The molecule has 1 atom stereocenters. The van der Waals surface area contributed by atoms with Crippen LogP contribution in [0.4, 0.5) is 0 Å². The van der Waals surface area contributed by atoms with Gasteiger partial charge in [0.2, 0.25) is 0 Å². The van der Waals surface area contributed by atoms with Crippen molar-refractivity contribution in [3.8, 4) is 0 Å². The van der Waals surface area contributed by atoms with Crippen LogP contribution < -0.4 is 0 Å². The monoisotopic (exact) mass is 226 g/mol. The molecule has 0 aromatic carbocycles. The van der Waals surface area contributed by atoms with Crippen LogP contribution in [0.3, 0.4) is 0 Å². The molecule has 3 heteroatoms. The van der Waals surface area contributed by atoms with Crippen molar-refractivity contribution in [3.05, 3.63) is 0 Å². The van der Waals surface area contributed by atoms with Crippen molar-refractivity contribution in [3.63, 3.8) is 0 Å². The molecule has 94 valence electrons. The van der Waals surface area contributed by atoms with E-state index in [1.165, 1.54) is 45.4 Å². The van der Waals surface area contributed by atoms with Crippen LogP contribution in [0.1, 0.15) is 26.2 Å². The zero-order valence-electron chi connectivity index (χ0n) is 10.7. The molecule has 2 saturated heterocycles. The standard InChI is InChI=1S/C13H26N2O/c1-13-4-2-5-15(12-13)7-3-6-14-8-10-16-11-9-14/h13H,2-12H2,1H3. The predicted molar refractivity (Wildman–Crippen MR) is 66.7 cm³/mol. The van der Waals surface area contributed by atoms with E-state index in [2.05, 4.69) is 16.7 Å². The summed E-state index contributed by atoms with van der Waals surface area (Å²) in [4.78, 5) is 5.19. The van der Waals surface area contributed by atoms with Crippen LogP contribution in [-0.4, -0.2) is 62.3 Å². The quantitative estimate of drug-likeness (QED) is 0.721. The van der Waals surface area contributed by atoms with Crippen LogP contribution in [0.15, 0.2) is 0 Å². The van der Waals surface area contributed by atoms with Crippen molar-refractivity contribution >= 4 is 0 Å². The van der Waals surface area contributed by atoms with E-state index >= 15 is 0 Å². The van der Waals surface area contributed by atoms with Crippen molar-refractivity contribution in [1.29, 1.82) is 0 Å². The summed E-state index contributed by atoms with van der Waals surface area (Å²) in [7, 11) is 0. The fourth-order valence-electron chi connectivity index (χ4n) is 2.83. The van der Waals surface area contributed by atoms with E-state index in [4.69, 9.17) is 4.74 Å². The lowest BCUT2D eigenvalue weighted by molar-refractivity contribution is 0.0355. The Balaban J connectivity index is 1.56. The lowest BCUT2D eigenvalue weighted by Gasteiger charge is -2.32. The molecule has 0 aliphatic carbocycles. The van der Waals surface area contributed by atoms with Gasteiger partial charge in [-0.05, 0) is 44.8 Å². The molecule has 1 unspecified atom stereocenters. The molecule has 3 nitrogen and oxygen atoms in total. The van der Waals surface area contributed by atoms with Crippen molar-refractivity contribution < 1.29 is 4.74 Å².